The number of phenols is 2. The smallest absolute Gasteiger partial charge is 0.144 e. The fourth-order valence-electron chi connectivity index (χ4n) is 2.87. The van der Waals surface area contributed by atoms with E-state index in [1.54, 1.807) is 55.8 Å². The summed E-state index contributed by atoms with van der Waals surface area (Å²) in [5.74, 6) is 1.70. The number of nitrogens with zero attached hydrogens (tertiary/aromatic N) is 1. The van der Waals surface area contributed by atoms with Crippen LogP contribution >= 0.6 is 0 Å². The summed E-state index contributed by atoms with van der Waals surface area (Å²) in [4.78, 5) is 4.55. The van der Waals surface area contributed by atoms with Crippen molar-refractivity contribution in [1.82, 2.24) is 0 Å². The number of aliphatic imine (C=N–C) groups is 1. The molecule has 0 aliphatic carbocycles. The number of methoxy groups -OCH3 is 1. The number of furan rings is 1. The molecule has 0 amide bonds. The summed E-state index contributed by atoms with van der Waals surface area (Å²) in [7, 11) is 1.62. The first-order chi connectivity index (χ1) is 13.1. The molecule has 4 aromatic rings. The Morgan fingerprint density at radius 1 is 0.889 bits per heavy atom. The molecule has 0 saturated carbocycles. The van der Waals surface area contributed by atoms with Crippen LogP contribution in [0.2, 0.25) is 0 Å². The molecule has 0 fully saturated rings. The van der Waals surface area contributed by atoms with Crippen molar-refractivity contribution in [3.63, 3.8) is 0 Å². The second-order valence-electron chi connectivity index (χ2n) is 6.03. The van der Waals surface area contributed by atoms with Crippen molar-refractivity contribution in [3.8, 4) is 28.6 Å². The number of hydrogen-bond donors (Lipinski definition) is 2. The predicted octanol–water partition coefficient (Wildman–Crippen LogP) is 5.27. The van der Waals surface area contributed by atoms with E-state index in [1.807, 2.05) is 24.3 Å². The Bertz CT molecular complexity index is 1110. The number of ether oxygens (including phenoxy) is 1. The first kappa shape index (κ1) is 16.7. The first-order valence-electron chi connectivity index (χ1n) is 8.37. The molecule has 0 saturated heterocycles. The highest BCUT2D eigenvalue weighted by Gasteiger charge is 2.15. The molecule has 0 aliphatic rings. The van der Waals surface area contributed by atoms with Crippen molar-refractivity contribution in [3.05, 3.63) is 72.3 Å². The van der Waals surface area contributed by atoms with Crippen LogP contribution in [0.15, 0.2) is 76.1 Å². The third-order valence-corrected chi connectivity index (χ3v) is 4.26. The van der Waals surface area contributed by atoms with E-state index in [9.17, 15) is 10.2 Å². The van der Waals surface area contributed by atoms with E-state index in [1.165, 1.54) is 0 Å². The van der Waals surface area contributed by atoms with Crippen LogP contribution in [-0.4, -0.2) is 23.5 Å². The van der Waals surface area contributed by atoms with Gasteiger partial charge in [-0.2, -0.15) is 0 Å². The minimum atomic E-state index is 0.132. The summed E-state index contributed by atoms with van der Waals surface area (Å²) in [6.45, 7) is 0. The standard InChI is InChI=1S/C22H17NO4/c1-26-18-9-4-15(5-10-18)23-13-20-19-11-8-17(25)12-21(19)27-22(20)14-2-6-16(24)7-3-14/h2-13,24-25H,1H3. The lowest BCUT2D eigenvalue weighted by Crippen LogP contribution is -1.84. The molecule has 0 radical (unpaired) electrons. The monoisotopic (exact) mass is 359 g/mol. The molecule has 134 valence electrons. The third kappa shape index (κ3) is 3.35. The Morgan fingerprint density at radius 2 is 1.59 bits per heavy atom. The molecule has 1 aromatic heterocycles. The summed E-state index contributed by atoms with van der Waals surface area (Å²) in [5, 5.41) is 20.1. The van der Waals surface area contributed by atoms with Crippen molar-refractivity contribution in [1.29, 1.82) is 0 Å². The zero-order chi connectivity index (χ0) is 18.8. The first-order valence-corrected chi connectivity index (χ1v) is 8.37. The van der Waals surface area contributed by atoms with Crippen LogP contribution in [0.3, 0.4) is 0 Å². The minimum Gasteiger partial charge on any atom is -0.508 e. The van der Waals surface area contributed by atoms with Gasteiger partial charge in [0.2, 0.25) is 0 Å². The lowest BCUT2D eigenvalue weighted by molar-refractivity contribution is 0.415. The van der Waals surface area contributed by atoms with Gasteiger partial charge in [0.05, 0.1) is 12.8 Å². The molecular formula is C22H17NO4. The summed E-state index contributed by atoms with van der Waals surface area (Å²) < 4.78 is 11.1. The highest BCUT2D eigenvalue weighted by atomic mass is 16.5. The van der Waals surface area contributed by atoms with E-state index in [4.69, 9.17) is 9.15 Å². The highest BCUT2D eigenvalue weighted by molar-refractivity contribution is 6.05. The number of aromatic hydroxyl groups is 2. The average molecular weight is 359 g/mol. The van der Waals surface area contributed by atoms with Gasteiger partial charge < -0.3 is 19.4 Å². The molecule has 0 bridgehead atoms. The SMILES string of the molecule is COc1ccc(N=Cc2c(-c3ccc(O)cc3)oc3cc(O)ccc23)cc1. The average Bonchev–Trinajstić information content (AvgIpc) is 3.04. The summed E-state index contributed by atoms with van der Waals surface area (Å²) in [6, 6.07) is 19.2. The molecule has 27 heavy (non-hydrogen) atoms. The number of fused-ring (bicyclic) bond motifs is 1. The Labute approximate surface area is 155 Å². The van der Waals surface area contributed by atoms with E-state index in [0.717, 1.165) is 28.0 Å². The molecule has 1 heterocycles. The largest absolute Gasteiger partial charge is 0.508 e. The summed E-state index contributed by atoms with van der Waals surface area (Å²) in [5.41, 5.74) is 2.95. The van der Waals surface area contributed by atoms with Crippen molar-refractivity contribution in [2.24, 2.45) is 4.99 Å². The van der Waals surface area contributed by atoms with Crippen LogP contribution < -0.4 is 4.74 Å². The Balaban J connectivity index is 1.82. The second kappa shape index (κ2) is 6.88. The van der Waals surface area contributed by atoms with Gasteiger partial charge in [0.15, 0.2) is 0 Å². The predicted molar refractivity (Wildman–Crippen MR) is 105 cm³/mol. The van der Waals surface area contributed by atoms with Gasteiger partial charge in [0.25, 0.3) is 0 Å². The second-order valence-corrected chi connectivity index (χ2v) is 6.03. The lowest BCUT2D eigenvalue weighted by Gasteiger charge is -2.01. The van der Waals surface area contributed by atoms with Crippen LogP contribution in [-0.2, 0) is 0 Å². The molecule has 5 nitrogen and oxygen atoms in total. The van der Waals surface area contributed by atoms with Gasteiger partial charge in [0, 0.05) is 28.8 Å². The van der Waals surface area contributed by atoms with Crippen molar-refractivity contribution < 1.29 is 19.4 Å². The molecule has 5 heteroatoms. The van der Waals surface area contributed by atoms with Gasteiger partial charge in [-0.15, -0.1) is 0 Å². The number of rotatable bonds is 4. The van der Waals surface area contributed by atoms with Crippen LogP contribution in [0, 0.1) is 0 Å². The van der Waals surface area contributed by atoms with Crippen molar-refractivity contribution >= 4 is 22.9 Å². The number of phenolic OH excluding ortho intramolecular Hbond substituents is 2. The van der Waals surface area contributed by atoms with E-state index in [0.29, 0.717) is 11.3 Å². The summed E-state index contributed by atoms with van der Waals surface area (Å²) in [6.07, 6.45) is 1.74. The maximum absolute atomic E-state index is 9.76. The zero-order valence-electron chi connectivity index (χ0n) is 14.6. The summed E-state index contributed by atoms with van der Waals surface area (Å²) >= 11 is 0. The van der Waals surface area contributed by atoms with Gasteiger partial charge in [0.1, 0.15) is 28.6 Å². The third-order valence-electron chi connectivity index (χ3n) is 4.26. The zero-order valence-corrected chi connectivity index (χ0v) is 14.6. The molecule has 3 aromatic carbocycles. The van der Waals surface area contributed by atoms with Crippen LogP contribution in [0.1, 0.15) is 5.56 Å². The van der Waals surface area contributed by atoms with Gasteiger partial charge in [-0.1, -0.05) is 0 Å². The quantitative estimate of drug-likeness (QED) is 0.487. The van der Waals surface area contributed by atoms with Crippen molar-refractivity contribution in [2.75, 3.05) is 7.11 Å². The number of hydrogen-bond acceptors (Lipinski definition) is 5. The number of benzene rings is 3. The lowest BCUT2D eigenvalue weighted by atomic mass is 10.1. The van der Waals surface area contributed by atoms with E-state index < -0.39 is 0 Å². The van der Waals surface area contributed by atoms with Crippen LogP contribution in [0.25, 0.3) is 22.3 Å². The molecule has 0 atom stereocenters. The molecule has 2 N–H and O–H groups in total. The minimum absolute atomic E-state index is 0.132. The Hall–Kier alpha value is -3.73. The van der Waals surface area contributed by atoms with Gasteiger partial charge >= 0.3 is 0 Å². The van der Waals surface area contributed by atoms with Gasteiger partial charge in [-0.05, 0) is 60.7 Å². The Morgan fingerprint density at radius 3 is 2.30 bits per heavy atom. The molecule has 0 aliphatic heterocycles. The maximum atomic E-state index is 9.76. The molecule has 0 unspecified atom stereocenters. The van der Waals surface area contributed by atoms with Gasteiger partial charge in [-0.3, -0.25) is 4.99 Å². The van der Waals surface area contributed by atoms with E-state index in [-0.39, 0.29) is 11.5 Å². The van der Waals surface area contributed by atoms with Gasteiger partial charge in [-0.25, -0.2) is 0 Å². The fraction of sp³-hybridized carbons (Fsp3) is 0.0455. The Kier molecular flexibility index (Phi) is 4.26. The highest BCUT2D eigenvalue weighted by Crippen LogP contribution is 2.35. The topological polar surface area (TPSA) is 75.2 Å². The van der Waals surface area contributed by atoms with Crippen molar-refractivity contribution in [2.45, 2.75) is 0 Å². The van der Waals surface area contributed by atoms with E-state index in [2.05, 4.69) is 4.99 Å². The van der Waals surface area contributed by atoms with Crippen LogP contribution in [0.4, 0.5) is 5.69 Å². The normalized spacial score (nSPS) is 11.3. The van der Waals surface area contributed by atoms with Crippen LogP contribution in [0.5, 0.6) is 17.2 Å². The van der Waals surface area contributed by atoms with E-state index >= 15 is 0 Å². The fourth-order valence-corrected chi connectivity index (χ4v) is 2.87. The molecule has 0 spiro atoms. The molecule has 4 rings (SSSR count). The maximum Gasteiger partial charge on any atom is 0.144 e. The molecular weight excluding hydrogens is 342 g/mol.